The number of rotatable bonds is 6. The maximum Gasteiger partial charge on any atom is 0.221 e. The third kappa shape index (κ3) is 2.60. The van der Waals surface area contributed by atoms with Gasteiger partial charge in [0.1, 0.15) is 11.9 Å². The van der Waals surface area contributed by atoms with Gasteiger partial charge in [0.25, 0.3) is 0 Å². The first kappa shape index (κ1) is 14.0. The summed E-state index contributed by atoms with van der Waals surface area (Å²) in [6.45, 7) is 1.88. The molecule has 0 heterocycles. The van der Waals surface area contributed by atoms with Gasteiger partial charge < -0.3 is 19.3 Å². The van der Waals surface area contributed by atoms with Crippen molar-refractivity contribution < 1.29 is 19.3 Å². The van der Waals surface area contributed by atoms with Crippen LogP contribution in [0.2, 0.25) is 0 Å². The molecule has 0 fully saturated rings. The molecule has 4 nitrogen and oxygen atoms in total. The molecule has 0 aliphatic heterocycles. The maximum atomic E-state index is 10.1. The lowest BCUT2D eigenvalue weighted by Gasteiger charge is -2.35. The van der Waals surface area contributed by atoms with Crippen molar-refractivity contribution in [3.05, 3.63) is 29.8 Å². The van der Waals surface area contributed by atoms with Crippen molar-refractivity contribution >= 4 is 0 Å². The molecule has 0 spiro atoms. The number of hydrogen-bond donors (Lipinski definition) is 1. The van der Waals surface area contributed by atoms with Crippen LogP contribution in [0.4, 0.5) is 0 Å². The molecule has 1 aromatic rings. The van der Waals surface area contributed by atoms with Crippen LogP contribution in [-0.2, 0) is 15.3 Å². The van der Waals surface area contributed by atoms with E-state index < -0.39 is 11.9 Å². The van der Waals surface area contributed by atoms with Gasteiger partial charge >= 0.3 is 0 Å². The highest BCUT2D eigenvalue weighted by Crippen LogP contribution is 2.32. The highest BCUT2D eigenvalue weighted by molar-refractivity contribution is 5.30. The average molecular weight is 240 g/mol. The molecule has 17 heavy (non-hydrogen) atoms. The highest BCUT2D eigenvalue weighted by atomic mass is 16.7. The van der Waals surface area contributed by atoms with Crippen molar-refractivity contribution in [1.82, 2.24) is 0 Å². The summed E-state index contributed by atoms with van der Waals surface area (Å²) in [6, 6.07) is 7.27. The molecule has 0 amide bonds. The van der Waals surface area contributed by atoms with Crippen LogP contribution in [0.1, 0.15) is 18.9 Å². The van der Waals surface area contributed by atoms with Crippen molar-refractivity contribution in [2.24, 2.45) is 0 Å². The predicted octanol–water partition coefficient (Wildman–Crippen LogP) is 1.91. The van der Waals surface area contributed by atoms with E-state index in [1.165, 1.54) is 14.2 Å². The topological polar surface area (TPSA) is 47.9 Å². The minimum atomic E-state index is -1.12. The second kappa shape index (κ2) is 6.00. The lowest BCUT2D eigenvalue weighted by Crippen LogP contribution is -2.42. The first-order valence-electron chi connectivity index (χ1n) is 5.57. The Balaban J connectivity index is 3.12. The molecule has 4 heteroatoms. The zero-order valence-corrected chi connectivity index (χ0v) is 10.8. The van der Waals surface area contributed by atoms with Crippen LogP contribution in [-0.4, -0.2) is 32.5 Å². The molecule has 1 aromatic carbocycles. The lowest BCUT2D eigenvalue weighted by atomic mass is 9.98. The van der Waals surface area contributed by atoms with E-state index in [2.05, 4.69) is 0 Å². The molecular formula is C13H20O4. The Labute approximate surface area is 102 Å². The summed E-state index contributed by atoms with van der Waals surface area (Å²) >= 11 is 0. The Bertz CT molecular complexity index is 330. The Kier molecular flexibility index (Phi) is 4.93. The zero-order valence-electron chi connectivity index (χ0n) is 10.8. The van der Waals surface area contributed by atoms with Crippen LogP contribution in [0.3, 0.4) is 0 Å². The third-order valence-corrected chi connectivity index (χ3v) is 2.92. The fourth-order valence-corrected chi connectivity index (χ4v) is 1.88. The largest absolute Gasteiger partial charge is 0.497 e. The Morgan fingerprint density at radius 1 is 1.12 bits per heavy atom. The van der Waals surface area contributed by atoms with Gasteiger partial charge in [0.2, 0.25) is 5.79 Å². The summed E-state index contributed by atoms with van der Waals surface area (Å²) in [6.07, 6.45) is -0.195. The summed E-state index contributed by atoms with van der Waals surface area (Å²) in [5, 5.41) is 10.1. The van der Waals surface area contributed by atoms with Crippen molar-refractivity contribution in [2.75, 3.05) is 21.3 Å². The van der Waals surface area contributed by atoms with Crippen molar-refractivity contribution in [3.63, 3.8) is 0 Å². The molecule has 1 rings (SSSR count). The summed E-state index contributed by atoms with van der Waals surface area (Å²) in [5.74, 6) is -0.373. The van der Waals surface area contributed by atoms with E-state index in [0.29, 0.717) is 6.42 Å². The zero-order chi connectivity index (χ0) is 12.9. The quantitative estimate of drug-likeness (QED) is 0.772. The van der Waals surface area contributed by atoms with Gasteiger partial charge in [-0.25, -0.2) is 0 Å². The second-order valence-corrected chi connectivity index (χ2v) is 3.73. The minimum absolute atomic E-state index is 0.535. The first-order valence-corrected chi connectivity index (χ1v) is 5.57. The molecular weight excluding hydrogens is 220 g/mol. The van der Waals surface area contributed by atoms with E-state index in [1.807, 2.05) is 31.2 Å². The van der Waals surface area contributed by atoms with Crippen molar-refractivity contribution in [3.8, 4) is 5.75 Å². The first-order chi connectivity index (χ1) is 8.14. The lowest BCUT2D eigenvalue weighted by molar-refractivity contribution is -0.269. The number of aliphatic hydroxyl groups is 1. The SMILES string of the molecule is CCC(O)C(OC)(OC)c1ccc(OC)cc1. The van der Waals surface area contributed by atoms with E-state index >= 15 is 0 Å². The monoisotopic (exact) mass is 240 g/mol. The number of benzene rings is 1. The molecule has 0 aliphatic carbocycles. The van der Waals surface area contributed by atoms with Crippen LogP contribution in [0.15, 0.2) is 24.3 Å². The summed E-state index contributed by atoms with van der Waals surface area (Å²) in [5.41, 5.74) is 0.762. The van der Waals surface area contributed by atoms with Crippen LogP contribution in [0, 0.1) is 0 Å². The smallest absolute Gasteiger partial charge is 0.221 e. The molecule has 1 atom stereocenters. The Morgan fingerprint density at radius 3 is 2.00 bits per heavy atom. The average Bonchev–Trinajstić information content (AvgIpc) is 2.41. The summed E-state index contributed by atoms with van der Waals surface area (Å²) in [7, 11) is 4.65. The number of methoxy groups -OCH3 is 3. The van der Waals surface area contributed by atoms with Gasteiger partial charge in [-0.1, -0.05) is 6.92 Å². The summed E-state index contributed by atoms with van der Waals surface area (Å²) < 4.78 is 15.9. The van der Waals surface area contributed by atoms with Gasteiger partial charge in [-0.15, -0.1) is 0 Å². The van der Waals surface area contributed by atoms with Crippen molar-refractivity contribution in [2.45, 2.75) is 25.2 Å². The van der Waals surface area contributed by atoms with Gasteiger partial charge in [0.15, 0.2) is 0 Å². The molecule has 0 saturated heterocycles. The van der Waals surface area contributed by atoms with Crippen LogP contribution >= 0.6 is 0 Å². The standard InChI is InChI=1S/C13H20O4/c1-5-12(14)13(16-3,17-4)10-6-8-11(15-2)9-7-10/h6-9,12,14H,5H2,1-4H3. The van der Waals surface area contributed by atoms with E-state index in [1.54, 1.807) is 7.11 Å². The molecule has 0 radical (unpaired) electrons. The molecule has 96 valence electrons. The van der Waals surface area contributed by atoms with Gasteiger partial charge in [-0.05, 0) is 30.7 Å². The Morgan fingerprint density at radius 2 is 1.65 bits per heavy atom. The van der Waals surface area contributed by atoms with Gasteiger partial charge in [-0.3, -0.25) is 0 Å². The molecule has 0 bridgehead atoms. The second-order valence-electron chi connectivity index (χ2n) is 3.73. The van der Waals surface area contributed by atoms with Crippen LogP contribution in [0.5, 0.6) is 5.75 Å². The third-order valence-electron chi connectivity index (χ3n) is 2.92. The van der Waals surface area contributed by atoms with E-state index in [-0.39, 0.29) is 0 Å². The number of ether oxygens (including phenoxy) is 3. The fraction of sp³-hybridized carbons (Fsp3) is 0.538. The van der Waals surface area contributed by atoms with Crippen molar-refractivity contribution in [1.29, 1.82) is 0 Å². The normalized spacial score (nSPS) is 13.5. The van der Waals surface area contributed by atoms with E-state index in [0.717, 1.165) is 11.3 Å². The summed E-state index contributed by atoms with van der Waals surface area (Å²) in [4.78, 5) is 0. The number of hydrogen-bond acceptors (Lipinski definition) is 4. The molecule has 0 saturated carbocycles. The fourth-order valence-electron chi connectivity index (χ4n) is 1.88. The van der Waals surface area contributed by atoms with E-state index in [4.69, 9.17) is 14.2 Å². The number of aliphatic hydroxyl groups excluding tert-OH is 1. The molecule has 0 aromatic heterocycles. The molecule has 0 aliphatic rings. The van der Waals surface area contributed by atoms with Crippen LogP contribution < -0.4 is 4.74 Å². The molecule has 1 unspecified atom stereocenters. The maximum absolute atomic E-state index is 10.1. The predicted molar refractivity (Wildman–Crippen MR) is 65.0 cm³/mol. The highest BCUT2D eigenvalue weighted by Gasteiger charge is 2.39. The van der Waals surface area contributed by atoms with Gasteiger partial charge in [0.05, 0.1) is 7.11 Å². The molecule has 1 N–H and O–H groups in total. The Hall–Kier alpha value is -1.10. The van der Waals surface area contributed by atoms with Gasteiger partial charge in [0, 0.05) is 19.8 Å². The van der Waals surface area contributed by atoms with Gasteiger partial charge in [-0.2, -0.15) is 0 Å². The van der Waals surface area contributed by atoms with Crippen LogP contribution in [0.25, 0.3) is 0 Å². The van der Waals surface area contributed by atoms with E-state index in [9.17, 15) is 5.11 Å². The minimum Gasteiger partial charge on any atom is -0.497 e.